The summed E-state index contributed by atoms with van der Waals surface area (Å²) >= 11 is 3.45. The maximum Gasteiger partial charge on any atom is 0.133 e. The molecule has 2 atom stereocenters. The smallest absolute Gasteiger partial charge is 0.133 e. The van der Waals surface area contributed by atoms with Crippen LogP contribution in [0.25, 0.3) is 0 Å². The van der Waals surface area contributed by atoms with Crippen LogP contribution in [-0.2, 0) is 0 Å². The van der Waals surface area contributed by atoms with Gasteiger partial charge in [0.1, 0.15) is 5.75 Å². The maximum atomic E-state index is 8.98. The largest absolute Gasteiger partial charge is 0.496 e. The molecular weight excluding hydrogens is 254 g/mol. The van der Waals surface area contributed by atoms with Crippen LogP contribution < -0.4 is 4.74 Å². The minimum atomic E-state index is -0.159. The number of methoxy groups -OCH3 is 1. The number of ether oxygens (including phenoxy) is 1. The van der Waals surface area contributed by atoms with Crippen LogP contribution in [0.1, 0.15) is 24.8 Å². The molecule has 0 amide bonds. The van der Waals surface area contributed by atoms with Gasteiger partial charge in [-0.1, -0.05) is 6.07 Å². The van der Waals surface area contributed by atoms with Gasteiger partial charge in [0, 0.05) is 5.92 Å². The van der Waals surface area contributed by atoms with Crippen LogP contribution in [0.3, 0.4) is 0 Å². The number of rotatable bonds is 2. The van der Waals surface area contributed by atoms with Crippen molar-refractivity contribution in [3.63, 3.8) is 0 Å². The Balaban J connectivity index is 2.27. The van der Waals surface area contributed by atoms with Gasteiger partial charge in [-0.15, -0.1) is 0 Å². The van der Waals surface area contributed by atoms with Crippen molar-refractivity contribution in [3.8, 4) is 11.8 Å². The fourth-order valence-corrected chi connectivity index (χ4v) is 2.43. The predicted octanol–water partition coefficient (Wildman–Crippen LogP) is 3.47. The lowest BCUT2D eigenvalue weighted by atomic mass is 10.0. The first-order valence-electron chi connectivity index (χ1n) is 4.85. The van der Waals surface area contributed by atoms with Gasteiger partial charge in [-0.3, -0.25) is 0 Å². The molecule has 2 unspecified atom stereocenters. The van der Waals surface area contributed by atoms with Crippen LogP contribution >= 0.6 is 15.9 Å². The van der Waals surface area contributed by atoms with Gasteiger partial charge in [-0.05, 0) is 47.0 Å². The summed E-state index contributed by atoms with van der Waals surface area (Å²) in [5, 5.41) is 8.98. The van der Waals surface area contributed by atoms with Gasteiger partial charge in [0.2, 0.25) is 0 Å². The predicted molar refractivity (Wildman–Crippen MR) is 61.8 cm³/mol. The van der Waals surface area contributed by atoms with Crippen LogP contribution in [0.5, 0.6) is 5.75 Å². The SMILES string of the molecule is COc1ccc(C2CC2(C)C#N)cc1Br. The number of benzene rings is 1. The van der Waals surface area contributed by atoms with E-state index in [2.05, 4.69) is 22.0 Å². The van der Waals surface area contributed by atoms with Crippen molar-refractivity contribution in [2.75, 3.05) is 7.11 Å². The molecule has 1 aliphatic rings. The number of halogens is 1. The Bertz CT molecular complexity index is 438. The van der Waals surface area contributed by atoms with E-state index in [1.807, 2.05) is 25.1 Å². The first-order valence-corrected chi connectivity index (χ1v) is 5.65. The number of hydrogen-bond donors (Lipinski definition) is 0. The third-order valence-corrected chi connectivity index (χ3v) is 3.69. The van der Waals surface area contributed by atoms with E-state index in [0.29, 0.717) is 5.92 Å². The molecule has 1 aromatic rings. The van der Waals surface area contributed by atoms with Gasteiger partial charge in [-0.25, -0.2) is 0 Å². The van der Waals surface area contributed by atoms with Crippen LogP contribution in [0, 0.1) is 16.7 Å². The average Bonchev–Trinajstić information content (AvgIpc) is 2.92. The summed E-state index contributed by atoms with van der Waals surface area (Å²) in [5.74, 6) is 1.21. The minimum Gasteiger partial charge on any atom is -0.496 e. The van der Waals surface area contributed by atoms with Gasteiger partial charge in [0.25, 0.3) is 0 Å². The molecule has 15 heavy (non-hydrogen) atoms. The second kappa shape index (κ2) is 3.53. The third-order valence-electron chi connectivity index (χ3n) is 3.07. The lowest BCUT2D eigenvalue weighted by Gasteiger charge is -2.06. The summed E-state index contributed by atoms with van der Waals surface area (Å²) in [5.41, 5.74) is 1.06. The molecule has 0 bridgehead atoms. The summed E-state index contributed by atoms with van der Waals surface area (Å²) in [4.78, 5) is 0. The Labute approximate surface area is 98.0 Å². The molecule has 2 nitrogen and oxygen atoms in total. The van der Waals surface area contributed by atoms with Gasteiger partial charge in [0.05, 0.1) is 23.1 Å². The van der Waals surface area contributed by atoms with Crippen molar-refractivity contribution in [2.24, 2.45) is 5.41 Å². The van der Waals surface area contributed by atoms with E-state index >= 15 is 0 Å². The second-order valence-corrected chi connectivity index (χ2v) is 5.03. The van der Waals surface area contributed by atoms with Crippen molar-refractivity contribution >= 4 is 15.9 Å². The molecule has 0 heterocycles. The highest BCUT2D eigenvalue weighted by atomic mass is 79.9. The molecule has 0 saturated heterocycles. The van der Waals surface area contributed by atoms with E-state index in [-0.39, 0.29) is 5.41 Å². The number of hydrogen-bond acceptors (Lipinski definition) is 2. The molecule has 0 aliphatic heterocycles. The Morgan fingerprint density at radius 2 is 2.33 bits per heavy atom. The Morgan fingerprint density at radius 3 is 2.80 bits per heavy atom. The molecule has 2 rings (SSSR count). The molecule has 3 heteroatoms. The molecule has 0 spiro atoms. The zero-order chi connectivity index (χ0) is 11.1. The second-order valence-electron chi connectivity index (χ2n) is 4.18. The molecular formula is C12H12BrNO. The molecule has 1 saturated carbocycles. The quantitative estimate of drug-likeness (QED) is 0.821. The molecule has 0 aromatic heterocycles. The molecule has 78 valence electrons. The molecule has 1 fully saturated rings. The standard InChI is InChI=1S/C12H12BrNO/c1-12(7-14)6-9(12)8-3-4-11(15-2)10(13)5-8/h3-5,9H,6H2,1-2H3. The summed E-state index contributed by atoms with van der Waals surface area (Å²) in [7, 11) is 1.65. The highest BCUT2D eigenvalue weighted by molar-refractivity contribution is 9.10. The zero-order valence-corrected chi connectivity index (χ0v) is 10.3. The molecule has 1 aromatic carbocycles. The van der Waals surface area contributed by atoms with Gasteiger partial charge in [0.15, 0.2) is 0 Å². The first kappa shape index (κ1) is 10.5. The van der Waals surface area contributed by atoms with E-state index in [1.54, 1.807) is 7.11 Å². The summed E-state index contributed by atoms with van der Waals surface area (Å²) in [6.07, 6.45) is 0.961. The molecule has 1 aliphatic carbocycles. The van der Waals surface area contributed by atoms with E-state index in [9.17, 15) is 0 Å². The number of nitrogens with zero attached hydrogens (tertiary/aromatic N) is 1. The van der Waals surface area contributed by atoms with Crippen molar-refractivity contribution in [1.82, 2.24) is 0 Å². The van der Waals surface area contributed by atoms with Gasteiger partial charge < -0.3 is 4.74 Å². The molecule has 0 N–H and O–H groups in total. The summed E-state index contributed by atoms with van der Waals surface area (Å²) < 4.78 is 6.12. The van der Waals surface area contributed by atoms with Crippen LogP contribution in [0.15, 0.2) is 22.7 Å². The monoisotopic (exact) mass is 265 g/mol. The fraction of sp³-hybridized carbons (Fsp3) is 0.417. The van der Waals surface area contributed by atoms with E-state index in [4.69, 9.17) is 10.00 Å². The summed E-state index contributed by atoms with van der Waals surface area (Å²) in [6, 6.07) is 8.39. The maximum absolute atomic E-state index is 8.98. The highest BCUT2D eigenvalue weighted by Gasteiger charge is 2.51. The number of nitriles is 1. The Hall–Kier alpha value is -1.01. The Morgan fingerprint density at radius 1 is 1.60 bits per heavy atom. The first-order chi connectivity index (χ1) is 7.10. The Kier molecular flexibility index (Phi) is 2.47. The third kappa shape index (κ3) is 1.74. The van der Waals surface area contributed by atoms with Crippen molar-refractivity contribution in [2.45, 2.75) is 19.3 Å². The topological polar surface area (TPSA) is 33.0 Å². The van der Waals surface area contributed by atoms with Gasteiger partial charge >= 0.3 is 0 Å². The van der Waals surface area contributed by atoms with Crippen molar-refractivity contribution in [3.05, 3.63) is 28.2 Å². The van der Waals surface area contributed by atoms with Crippen molar-refractivity contribution < 1.29 is 4.74 Å². The zero-order valence-electron chi connectivity index (χ0n) is 8.75. The van der Waals surface area contributed by atoms with Gasteiger partial charge in [-0.2, -0.15) is 5.26 Å². The molecule has 0 radical (unpaired) electrons. The van der Waals surface area contributed by atoms with Crippen LogP contribution in [-0.4, -0.2) is 7.11 Å². The summed E-state index contributed by atoms with van der Waals surface area (Å²) in [6.45, 7) is 2.01. The van der Waals surface area contributed by atoms with E-state index in [1.165, 1.54) is 5.56 Å². The fourth-order valence-electron chi connectivity index (χ4n) is 1.87. The minimum absolute atomic E-state index is 0.159. The lowest BCUT2D eigenvalue weighted by Crippen LogP contribution is -1.93. The lowest BCUT2D eigenvalue weighted by molar-refractivity contribution is 0.412. The van der Waals surface area contributed by atoms with Crippen molar-refractivity contribution in [1.29, 1.82) is 5.26 Å². The van der Waals surface area contributed by atoms with E-state index in [0.717, 1.165) is 16.6 Å². The normalized spacial score (nSPS) is 28.3. The van der Waals surface area contributed by atoms with E-state index < -0.39 is 0 Å². The highest BCUT2D eigenvalue weighted by Crippen LogP contribution is 2.58. The van der Waals surface area contributed by atoms with Crippen LogP contribution in [0.2, 0.25) is 0 Å². The average molecular weight is 266 g/mol. The van der Waals surface area contributed by atoms with Crippen LogP contribution in [0.4, 0.5) is 0 Å².